The molecule has 3 aromatic rings. The number of nitrogens with one attached hydrogen (secondary N) is 2. The number of hydrazine groups is 1. The summed E-state index contributed by atoms with van der Waals surface area (Å²) < 4.78 is 1.03. The Bertz CT molecular complexity index is 895. The first-order valence-corrected chi connectivity index (χ1v) is 9.64. The molecule has 26 heavy (non-hydrogen) atoms. The molecular formula is C18H16N4O2S2. The van der Waals surface area contributed by atoms with E-state index in [1.807, 2.05) is 24.4 Å². The van der Waals surface area contributed by atoms with Crippen molar-refractivity contribution >= 4 is 34.9 Å². The average molecular weight is 384 g/mol. The number of hydrogen-bond donors (Lipinski definition) is 2. The molecule has 0 spiro atoms. The predicted octanol–water partition coefficient (Wildman–Crippen LogP) is 3.21. The van der Waals surface area contributed by atoms with Crippen molar-refractivity contribution in [2.75, 3.05) is 0 Å². The fourth-order valence-corrected chi connectivity index (χ4v) is 3.85. The number of hydrogen-bond acceptors (Lipinski definition) is 6. The molecule has 0 unspecified atom stereocenters. The molecule has 2 aromatic heterocycles. The Balaban J connectivity index is 1.51. The molecule has 132 valence electrons. The highest BCUT2D eigenvalue weighted by Gasteiger charge is 2.10. The molecule has 2 heterocycles. The number of rotatable bonds is 5. The van der Waals surface area contributed by atoms with E-state index in [0.29, 0.717) is 5.56 Å². The second kappa shape index (κ2) is 8.59. The molecule has 6 nitrogen and oxygen atoms in total. The van der Waals surface area contributed by atoms with E-state index < -0.39 is 5.91 Å². The summed E-state index contributed by atoms with van der Waals surface area (Å²) in [6.07, 6.45) is 1.51. The number of thioether (sulfide) groups is 1. The summed E-state index contributed by atoms with van der Waals surface area (Å²) in [5, 5.41) is 2.02. The highest BCUT2D eigenvalue weighted by molar-refractivity contribution is 8.00. The molecule has 1 aromatic carbocycles. The molecule has 0 bridgehead atoms. The number of pyridine rings is 1. The summed E-state index contributed by atoms with van der Waals surface area (Å²) in [5.74, 6) is -0.0691. The summed E-state index contributed by atoms with van der Waals surface area (Å²) in [4.78, 5) is 32.3. The molecular weight excluding hydrogens is 368 g/mol. The van der Waals surface area contributed by atoms with Gasteiger partial charge in [-0.1, -0.05) is 30.0 Å². The largest absolute Gasteiger partial charge is 0.288 e. The van der Waals surface area contributed by atoms with E-state index in [2.05, 4.69) is 20.8 Å². The van der Waals surface area contributed by atoms with Crippen LogP contribution in [0.1, 0.15) is 32.1 Å². The lowest BCUT2D eigenvalue weighted by molar-refractivity contribution is 0.0844. The van der Waals surface area contributed by atoms with Gasteiger partial charge in [-0.05, 0) is 36.8 Å². The van der Waals surface area contributed by atoms with Crippen LogP contribution in [-0.4, -0.2) is 21.8 Å². The Hall–Kier alpha value is -2.71. The SMILES string of the molecule is Cc1csc(SCc2ccc(C(=O)NNC(=O)c3ccccn3)cc2)n1. The fraction of sp³-hybridized carbons (Fsp3) is 0.111. The predicted molar refractivity (Wildman–Crippen MR) is 102 cm³/mol. The van der Waals surface area contributed by atoms with E-state index >= 15 is 0 Å². The number of amides is 2. The van der Waals surface area contributed by atoms with Crippen LogP contribution in [0.3, 0.4) is 0 Å². The summed E-state index contributed by atoms with van der Waals surface area (Å²) in [6, 6.07) is 12.2. The molecule has 2 N–H and O–H groups in total. The maximum absolute atomic E-state index is 12.1. The minimum absolute atomic E-state index is 0.234. The second-order valence-corrected chi connectivity index (χ2v) is 7.44. The minimum atomic E-state index is -0.467. The van der Waals surface area contributed by atoms with Crippen LogP contribution in [0.25, 0.3) is 0 Å². The van der Waals surface area contributed by atoms with E-state index in [0.717, 1.165) is 21.3 Å². The zero-order valence-electron chi connectivity index (χ0n) is 13.9. The first kappa shape index (κ1) is 18.1. The Kier molecular flexibility index (Phi) is 5.98. The van der Waals surface area contributed by atoms with Gasteiger partial charge in [0.15, 0.2) is 0 Å². The maximum atomic E-state index is 12.1. The Labute approximate surface area is 159 Å². The summed E-state index contributed by atoms with van der Waals surface area (Å²) in [7, 11) is 0. The van der Waals surface area contributed by atoms with Crippen molar-refractivity contribution in [1.29, 1.82) is 0 Å². The van der Waals surface area contributed by atoms with Crippen molar-refractivity contribution in [3.63, 3.8) is 0 Å². The lowest BCUT2D eigenvalue weighted by Crippen LogP contribution is -2.41. The van der Waals surface area contributed by atoms with Gasteiger partial charge in [0.05, 0.1) is 0 Å². The summed E-state index contributed by atoms with van der Waals surface area (Å²) in [5.41, 5.74) is 7.55. The van der Waals surface area contributed by atoms with Gasteiger partial charge in [0.25, 0.3) is 11.8 Å². The topological polar surface area (TPSA) is 84.0 Å². The van der Waals surface area contributed by atoms with E-state index in [1.54, 1.807) is 53.4 Å². The number of aryl methyl sites for hydroxylation is 1. The monoisotopic (exact) mass is 384 g/mol. The zero-order valence-corrected chi connectivity index (χ0v) is 15.6. The first-order chi connectivity index (χ1) is 12.6. The van der Waals surface area contributed by atoms with Crippen LogP contribution in [0.15, 0.2) is 58.4 Å². The normalized spacial score (nSPS) is 10.3. The molecule has 0 atom stereocenters. The third-order valence-electron chi connectivity index (χ3n) is 3.36. The van der Waals surface area contributed by atoms with Gasteiger partial charge in [-0.15, -0.1) is 11.3 Å². The number of thiazole rings is 1. The molecule has 0 aliphatic carbocycles. The van der Waals surface area contributed by atoms with Gasteiger partial charge in [-0.25, -0.2) is 4.98 Å². The minimum Gasteiger partial charge on any atom is -0.267 e. The molecule has 0 radical (unpaired) electrons. The van der Waals surface area contributed by atoms with Crippen molar-refractivity contribution in [2.24, 2.45) is 0 Å². The Morgan fingerprint density at radius 3 is 2.50 bits per heavy atom. The van der Waals surface area contributed by atoms with Gasteiger partial charge in [-0.3, -0.25) is 25.4 Å². The van der Waals surface area contributed by atoms with Gasteiger partial charge in [0, 0.05) is 28.6 Å². The second-order valence-electron chi connectivity index (χ2n) is 5.36. The number of aromatic nitrogens is 2. The standard InChI is InChI=1S/C18H16N4O2S2/c1-12-10-25-18(20-12)26-11-13-5-7-14(8-6-13)16(23)21-22-17(24)15-4-2-3-9-19-15/h2-10H,11H2,1H3,(H,21,23)(H,22,24). The van der Waals surface area contributed by atoms with Gasteiger partial charge in [0.2, 0.25) is 0 Å². The maximum Gasteiger partial charge on any atom is 0.288 e. The van der Waals surface area contributed by atoms with Crippen LogP contribution in [0.2, 0.25) is 0 Å². The fourth-order valence-electron chi connectivity index (χ4n) is 2.04. The highest BCUT2D eigenvalue weighted by atomic mass is 32.2. The lowest BCUT2D eigenvalue weighted by Gasteiger charge is -2.07. The van der Waals surface area contributed by atoms with Gasteiger partial charge < -0.3 is 0 Å². The van der Waals surface area contributed by atoms with E-state index in [1.165, 1.54) is 6.20 Å². The number of carbonyl (C=O) groups excluding carboxylic acids is 2. The van der Waals surface area contributed by atoms with Crippen LogP contribution >= 0.6 is 23.1 Å². The number of carbonyl (C=O) groups is 2. The quantitative estimate of drug-likeness (QED) is 0.521. The summed E-state index contributed by atoms with van der Waals surface area (Å²) in [6.45, 7) is 1.97. The third kappa shape index (κ3) is 4.90. The number of nitrogens with zero attached hydrogens (tertiary/aromatic N) is 2. The summed E-state index contributed by atoms with van der Waals surface area (Å²) >= 11 is 3.29. The molecule has 0 saturated heterocycles. The van der Waals surface area contributed by atoms with Gasteiger partial charge >= 0.3 is 0 Å². The van der Waals surface area contributed by atoms with Crippen LogP contribution in [0.4, 0.5) is 0 Å². The van der Waals surface area contributed by atoms with Crippen molar-refractivity contribution in [1.82, 2.24) is 20.8 Å². The Morgan fingerprint density at radius 1 is 1.08 bits per heavy atom. The van der Waals surface area contributed by atoms with Crippen molar-refractivity contribution in [2.45, 2.75) is 17.0 Å². The van der Waals surface area contributed by atoms with Crippen molar-refractivity contribution in [3.8, 4) is 0 Å². The molecule has 0 saturated carbocycles. The molecule has 0 aliphatic rings. The first-order valence-electron chi connectivity index (χ1n) is 7.77. The van der Waals surface area contributed by atoms with Gasteiger partial charge in [0.1, 0.15) is 10.0 Å². The smallest absolute Gasteiger partial charge is 0.267 e. The zero-order chi connectivity index (χ0) is 18.4. The molecule has 3 rings (SSSR count). The Morgan fingerprint density at radius 2 is 1.85 bits per heavy atom. The van der Waals surface area contributed by atoms with Crippen LogP contribution < -0.4 is 10.9 Å². The van der Waals surface area contributed by atoms with E-state index in [-0.39, 0.29) is 11.6 Å². The molecule has 0 aliphatic heterocycles. The lowest BCUT2D eigenvalue weighted by atomic mass is 10.1. The van der Waals surface area contributed by atoms with Crippen molar-refractivity contribution < 1.29 is 9.59 Å². The average Bonchev–Trinajstić information content (AvgIpc) is 3.10. The van der Waals surface area contributed by atoms with Gasteiger partial charge in [-0.2, -0.15) is 0 Å². The highest BCUT2D eigenvalue weighted by Crippen LogP contribution is 2.26. The van der Waals surface area contributed by atoms with Crippen molar-refractivity contribution in [3.05, 3.63) is 76.6 Å². The van der Waals surface area contributed by atoms with Crippen LogP contribution in [-0.2, 0) is 5.75 Å². The molecule has 2 amide bonds. The van der Waals surface area contributed by atoms with Crippen LogP contribution in [0, 0.1) is 6.92 Å². The number of benzene rings is 1. The van der Waals surface area contributed by atoms with E-state index in [4.69, 9.17) is 0 Å². The van der Waals surface area contributed by atoms with E-state index in [9.17, 15) is 9.59 Å². The van der Waals surface area contributed by atoms with Crippen LogP contribution in [0.5, 0.6) is 0 Å². The molecule has 8 heteroatoms. The third-order valence-corrected chi connectivity index (χ3v) is 5.57. The molecule has 0 fully saturated rings.